The van der Waals surface area contributed by atoms with Gasteiger partial charge in [0.15, 0.2) is 0 Å². The third-order valence-corrected chi connectivity index (χ3v) is 2.34. The Morgan fingerprint density at radius 2 is 2.00 bits per heavy atom. The van der Waals surface area contributed by atoms with Gasteiger partial charge in [-0.05, 0) is 19.4 Å². The van der Waals surface area contributed by atoms with Crippen LogP contribution in [0.3, 0.4) is 0 Å². The van der Waals surface area contributed by atoms with Gasteiger partial charge in [0.05, 0.1) is 5.41 Å². The van der Waals surface area contributed by atoms with Gasteiger partial charge in [0.2, 0.25) is 5.56 Å². The van der Waals surface area contributed by atoms with Crippen molar-refractivity contribution in [3.05, 3.63) is 34.2 Å². The molecule has 0 saturated heterocycles. The lowest BCUT2D eigenvalue weighted by molar-refractivity contribution is -0.142. The van der Waals surface area contributed by atoms with Gasteiger partial charge in [0.1, 0.15) is 0 Å². The summed E-state index contributed by atoms with van der Waals surface area (Å²) in [6, 6.07) is 2.93. The van der Waals surface area contributed by atoms with Gasteiger partial charge >= 0.3 is 5.97 Å². The summed E-state index contributed by atoms with van der Waals surface area (Å²) in [6.07, 6.45) is 1.55. The molecule has 0 bridgehead atoms. The second-order valence-corrected chi connectivity index (χ2v) is 3.80. The highest BCUT2D eigenvalue weighted by molar-refractivity contribution is 5.80. The molecule has 0 aliphatic carbocycles. The zero-order valence-electron chi connectivity index (χ0n) is 8.44. The molecule has 1 aromatic heterocycles. The van der Waals surface area contributed by atoms with Crippen molar-refractivity contribution >= 4 is 5.97 Å². The lowest BCUT2D eigenvalue weighted by Gasteiger charge is -2.19. The van der Waals surface area contributed by atoms with Crippen LogP contribution in [0.2, 0.25) is 0 Å². The van der Waals surface area contributed by atoms with Crippen LogP contribution < -0.4 is 5.56 Å². The number of carboxylic acid groups (broad SMARTS) is 1. The highest BCUT2D eigenvalue weighted by Crippen LogP contribution is 2.21. The van der Waals surface area contributed by atoms with E-state index in [-0.39, 0.29) is 5.56 Å². The predicted octanol–water partition coefficient (Wildman–Crippen LogP) is 0.748. The molecular weight excluding hydrogens is 182 g/mol. The molecule has 14 heavy (non-hydrogen) atoms. The minimum absolute atomic E-state index is 0.144. The van der Waals surface area contributed by atoms with Gasteiger partial charge in [0.25, 0.3) is 0 Å². The largest absolute Gasteiger partial charge is 0.481 e. The van der Waals surface area contributed by atoms with E-state index in [1.165, 1.54) is 10.6 Å². The number of rotatable bonds is 2. The third-order valence-electron chi connectivity index (χ3n) is 2.34. The summed E-state index contributed by atoms with van der Waals surface area (Å²) in [5, 5.41) is 8.97. The number of carboxylic acids is 1. The van der Waals surface area contributed by atoms with E-state index in [1.54, 1.807) is 33.2 Å². The molecule has 76 valence electrons. The maximum atomic E-state index is 11.1. The Hall–Kier alpha value is -1.58. The molecule has 1 heterocycles. The van der Waals surface area contributed by atoms with E-state index >= 15 is 0 Å². The minimum atomic E-state index is -0.967. The summed E-state index contributed by atoms with van der Waals surface area (Å²) < 4.78 is 1.38. The van der Waals surface area contributed by atoms with E-state index in [2.05, 4.69) is 0 Å². The number of aryl methyl sites for hydroxylation is 1. The molecule has 0 aromatic carbocycles. The number of pyridine rings is 1. The first-order chi connectivity index (χ1) is 6.35. The Balaban J connectivity index is 3.27. The third kappa shape index (κ3) is 1.69. The number of hydrogen-bond donors (Lipinski definition) is 1. The SMILES string of the molecule is Cn1cc(C(C)(C)C(=O)O)ccc1=O. The second-order valence-electron chi connectivity index (χ2n) is 3.80. The van der Waals surface area contributed by atoms with Gasteiger partial charge in [-0.3, -0.25) is 9.59 Å². The van der Waals surface area contributed by atoms with E-state index in [0.29, 0.717) is 5.56 Å². The molecule has 0 unspecified atom stereocenters. The Kier molecular flexibility index (Phi) is 2.47. The zero-order chi connectivity index (χ0) is 10.9. The van der Waals surface area contributed by atoms with Crippen LogP contribution in [0.4, 0.5) is 0 Å². The van der Waals surface area contributed by atoms with Crippen LogP contribution in [0.1, 0.15) is 19.4 Å². The lowest BCUT2D eigenvalue weighted by Crippen LogP contribution is -2.30. The monoisotopic (exact) mass is 195 g/mol. The summed E-state index contributed by atoms with van der Waals surface area (Å²) in [5.41, 5.74) is -0.493. The smallest absolute Gasteiger partial charge is 0.313 e. The molecule has 0 saturated carbocycles. The molecule has 0 aliphatic rings. The van der Waals surface area contributed by atoms with Crippen molar-refractivity contribution in [1.82, 2.24) is 4.57 Å². The molecule has 1 N–H and O–H groups in total. The molecule has 0 aliphatic heterocycles. The molecule has 4 heteroatoms. The van der Waals surface area contributed by atoms with E-state index in [0.717, 1.165) is 0 Å². The van der Waals surface area contributed by atoms with Crippen molar-refractivity contribution in [3.8, 4) is 0 Å². The van der Waals surface area contributed by atoms with Gasteiger partial charge < -0.3 is 9.67 Å². The van der Waals surface area contributed by atoms with E-state index in [1.807, 2.05) is 0 Å². The lowest BCUT2D eigenvalue weighted by atomic mass is 9.86. The fourth-order valence-corrected chi connectivity index (χ4v) is 1.09. The highest BCUT2D eigenvalue weighted by atomic mass is 16.4. The van der Waals surface area contributed by atoms with Crippen LogP contribution in [0, 0.1) is 0 Å². The summed E-state index contributed by atoms with van der Waals surface area (Å²) in [6.45, 7) is 3.21. The molecule has 0 atom stereocenters. The topological polar surface area (TPSA) is 59.3 Å². The minimum Gasteiger partial charge on any atom is -0.481 e. The standard InChI is InChI=1S/C10H13NO3/c1-10(2,9(13)14)7-4-5-8(12)11(3)6-7/h4-6H,1-3H3,(H,13,14). The van der Waals surface area contributed by atoms with Crippen molar-refractivity contribution in [3.63, 3.8) is 0 Å². The second kappa shape index (κ2) is 3.29. The van der Waals surface area contributed by atoms with Crippen LogP contribution >= 0.6 is 0 Å². The van der Waals surface area contributed by atoms with E-state index < -0.39 is 11.4 Å². The Morgan fingerprint density at radius 3 is 2.43 bits per heavy atom. The molecule has 1 rings (SSSR count). The van der Waals surface area contributed by atoms with Crippen LogP contribution in [0.25, 0.3) is 0 Å². The summed E-state index contributed by atoms with van der Waals surface area (Å²) in [4.78, 5) is 22.0. The number of carbonyl (C=O) groups is 1. The first-order valence-corrected chi connectivity index (χ1v) is 4.26. The van der Waals surface area contributed by atoms with Crippen molar-refractivity contribution < 1.29 is 9.90 Å². The average Bonchev–Trinajstić information content (AvgIpc) is 2.09. The van der Waals surface area contributed by atoms with Crippen molar-refractivity contribution in [2.75, 3.05) is 0 Å². The van der Waals surface area contributed by atoms with Gasteiger partial charge in [-0.2, -0.15) is 0 Å². The number of aliphatic carboxylic acids is 1. The van der Waals surface area contributed by atoms with E-state index in [4.69, 9.17) is 5.11 Å². The molecule has 0 radical (unpaired) electrons. The quantitative estimate of drug-likeness (QED) is 0.757. The van der Waals surface area contributed by atoms with Gasteiger partial charge in [0, 0.05) is 19.3 Å². The number of aromatic nitrogens is 1. The normalized spacial score (nSPS) is 11.4. The maximum Gasteiger partial charge on any atom is 0.313 e. The molecular formula is C10H13NO3. The Morgan fingerprint density at radius 1 is 1.43 bits per heavy atom. The van der Waals surface area contributed by atoms with Crippen molar-refractivity contribution in [2.45, 2.75) is 19.3 Å². The van der Waals surface area contributed by atoms with Crippen LogP contribution in [0.15, 0.2) is 23.1 Å². The van der Waals surface area contributed by atoms with E-state index in [9.17, 15) is 9.59 Å². The summed E-state index contributed by atoms with van der Waals surface area (Å²) >= 11 is 0. The Labute approximate surface area is 81.8 Å². The van der Waals surface area contributed by atoms with Crippen molar-refractivity contribution in [2.24, 2.45) is 7.05 Å². The first-order valence-electron chi connectivity index (χ1n) is 4.26. The molecule has 0 amide bonds. The molecule has 4 nitrogen and oxygen atoms in total. The fourth-order valence-electron chi connectivity index (χ4n) is 1.09. The summed E-state index contributed by atoms with van der Waals surface area (Å²) in [5.74, 6) is -0.906. The maximum absolute atomic E-state index is 11.1. The summed E-state index contributed by atoms with van der Waals surface area (Å²) in [7, 11) is 1.60. The first kappa shape index (κ1) is 10.5. The Bertz CT molecular complexity index is 418. The van der Waals surface area contributed by atoms with Gasteiger partial charge in [-0.15, -0.1) is 0 Å². The molecule has 1 aromatic rings. The van der Waals surface area contributed by atoms with Crippen LogP contribution in [-0.4, -0.2) is 15.6 Å². The molecule has 0 spiro atoms. The number of hydrogen-bond acceptors (Lipinski definition) is 2. The average molecular weight is 195 g/mol. The highest BCUT2D eigenvalue weighted by Gasteiger charge is 2.29. The van der Waals surface area contributed by atoms with Crippen LogP contribution in [0.5, 0.6) is 0 Å². The zero-order valence-corrected chi connectivity index (χ0v) is 8.44. The molecule has 0 fully saturated rings. The predicted molar refractivity (Wildman–Crippen MR) is 52.3 cm³/mol. The van der Waals surface area contributed by atoms with Crippen LogP contribution in [-0.2, 0) is 17.3 Å². The van der Waals surface area contributed by atoms with Gasteiger partial charge in [-0.25, -0.2) is 0 Å². The number of nitrogens with zero attached hydrogens (tertiary/aromatic N) is 1. The fraction of sp³-hybridized carbons (Fsp3) is 0.400. The van der Waals surface area contributed by atoms with Crippen molar-refractivity contribution in [1.29, 1.82) is 0 Å². The van der Waals surface area contributed by atoms with Gasteiger partial charge in [-0.1, -0.05) is 6.07 Å².